The van der Waals surface area contributed by atoms with Crippen LogP contribution >= 0.6 is 11.8 Å². The minimum absolute atomic E-state index is 0.419. The van der Waals surface area contributed by atoms with Gasteiger partial charge in [0, 0.05) is 23.2 Å². The monoisotopic (exact) mass is 202 g/mol. The van der Waals surface area contributed by atoms with E-state index in [1.165, 1.54) is 12.8 Å². The van der Waals surface area contributed by atoms with Gasteiger partial charge in [0.2, 0.25) is 0 Å². The summed E-state index contributed by atoms with van der Waals surface area (Å²) in [6.07, 6.45) is 2.47. The van der Waals surface area contributed by atoms with E-state index in [-0.39, 0.29) is 0 Å². The molecule has 0 aromatic heterocycles. The molecule has 0 aliphatic carbocycles. The lowest BCUT2D eigenvalue weighted by molar-refractivity contribution is 0.0997. The molecule has 0 radical (unpaired) electrons. The van der Waals surface area contributed by atoms with Crippen LogP contribution in [0.3, 0.4) is 0 Å². The number of hydrogen-bond donors (Lipinski definition) is 0. The highest BCUT2D eigenvalue weighted by Crippen LogP contribution is 2.38. The van der Waals surface area contributed by atoms with Crippen LogP contribution in [-0.2, 0) is 4.74 Å². The second-order valence-electron chi connectivity index (χ2n) is 4.69. The Bertz CT molecular complexity index is 148. The third-order valence-corrected chi connectivity index (χ3v) is 4.91. The molecule has 1 nitrogen and oxygen atoms in total. The number of thioether (sulfide) groups is 1. The molecule has 13 heavy (non-hydrogen) atoms. The number of rotatable bonds is 3. The van der Waals surface area contributed by atoms with Crippen molar-refractivity contribution < 1.29 is 4.74 Å². The zero-order valence-corrected chi connectivity index (χ0v) is 10.1. The number of hydrogen-bond acceptors (Lipinski definition) is 2. The quantitative estimate of drug-likeness (QED) is 0.694. The van der Waals surface area contributed by atoms with Crippen molar-refractivity contribution in [2.75, 3.05) is 13.2 Å². The normalized spacial score (nSPS) is 21.0. The lowest BCUT2D eigenvalue weighted by Crippen LogP contribution is -2.29. The van der Waals surface area contributed by atoms with E-state index in [9.17, 15) is 0 Å². The van der Waals surface area contributed by atoms with Crippen LogP contribution in [0.4, 0.5) is 0 Å². The Morgan fingerprint density at radius 2 is 1.77 bits per heavy atom. The van der Waals surface area contributed by atoms with Crippen molar-refractivity contribution in [3.8, 4) is 0 Å². The molecular formula is C11H22OS. The summed E-state index contributed by atoms with van der Waals surface area (Å²) in [6.45, 7) is 11.3. The van der Waals surface area contributed by atoms with Gasteiger partial charge >= 0.3 is 0 Å². The Morgan fingerprint density at radius 1 is 1.23 bits per heavy atom. The van der Waals surface area contributed by atoms with Crippen LogP contribution in [0.5, 0.6) is 0 Å². The second-order valence-corrected chi connectivity index (χ2v) is 6.64. The fourth-order valence-electron chi connectivity index (χ4n) is 1.36. The molecule has 1 aliphatic rings. The summed E-state index contributed by atoms with van der Waals surface area (Å²) in [6, 6.07) is 0. The van der Waals surface area contributed by atoms with Gasteiger partial charge in [0.1, 0.15) is 0 Å². The fourth-order valence-corrected chi connectivity index (χ4v) is 2.92. The Hall–Kier alpha value is 0.310. The van der Waals surface area contributed by atoms with Crippen molar-refractivity contribution in [2.24, 2.45) is 5.92 Å². The molecule has 1 rings (SSSR count). The second kappa shape index (κ2) is 4.70. The van der Waals surface area contributed by atoms with Crippen LogP contribution in [0.25, 0.3) is 0 Å². The van der Waals surface area contributed by atoms with E-state index >= 15 is 0 Å². The molecule has 0 saturated carbocycles. The topological polar surface area (TPSA) is 9.23 Å². The molecule has 1 heterocycles. The summed E-state index contributed by atoms with van der Waals surface area (Å²) in [5.41, 5.74) is 0. The molecule has 0 N–H and O–H groups in total. The van der Waals surface area contributed by atoms with E-state index in [4.69, 9.17) is 4.74 Å². The van der Waals surface area contributed by atoms with Crippen LogP contribution in [-0.4, -0.2) is 23.2 Å². The molecule has 1 saturated heterocycles. The van der Waals surface area contributed by atoms with Gasteiger partial charge in [-0.1, -0.05) is 27.7 Å². The molecular weight excluding hydrogens is 180 g/mol. The summed E-state index contributed by atoms with van der Waals surface area (Å²) < 4.78 is 5.78. The lowest BCUT2D eigenvalue weighted by atomic mass is 10.00. The van der Waals surface area contributed by atoms with Gasteiger partial charge in [0.15, 0.2) is 0 Å². The molecule has 0 unspecified atom stereocenters. The third kappa shape index (κ3) is 3.51. The Balaban J connectivity index is 2.37. The molecule has 78 valence electrons. The fraction of sp³-hybridized carbons (Fsp3) is 1.00. The van der Waals surface area contributed by atoms with Crippen molar-refractivity contribution in [1.29, 1.82) is 0 Å². The van der Waals surface area contributed by atoms with Gasteiger partial charge in [-0.15, -0.1) is 0 Å². The van der Waals surface area contributed by atoms with E-state index in [0.717, 1.165) is 24.4 Å². The molecule has 2 heteroatoms. The molecule has 0 atom stereocenters. The molecule has 0 amide bonds. The van der Waals surface area contributed by atoms with E-state index in [0.29, 0.717) is 4.75 Å². The van der Waals surface area contributed by atoms with Crippen LogP contribution in [0.1, 0.15) is 40.5 Å². The van der Waals surface area contributed by atoms with E-state index in [1.807, 2.05) is 0 Å². The largest absolute Gasteiger partial charge is 0.381 e. The van der Waals surface area contributed by atoms with Crippen molar-refractivity contribution in [2.45, 2.75) is 50.5 Å². The van der Waals surface area contributed by atoms with E-state index in [1.54, 1.807) is 0 Å². The molecule has 1 fully saturated rings. The molecule has 0 spiro atoms. The first-order valence-electron chi connectivity index (χ1n) is 5.28. The van der Waals surface area contributed by atoms with Gasteiger partial charge in [-0.3, -0.25) is 0 Å². The molecule has 0 bridgehead atoms. The molecule has 1 aliphatic heterocycles. The van der Waals surface area contributed by atoms with Crippen LogP contribution in [0.15, 0.2) is 0 Å². The van der Waals surface area contributed by atoms with Crippen molar-refractivity contribution in [3.63, 3.8) is 0 Å². The summed E-state index contributed by atoms with van der Waals surface area (Å²) in [4.78, 5) is 0. The summed E-state index contributed by atoms with van der Waals surface area (Å²) in [5, 5.41) is 0.825. The minimum Gasteiger partial charge on any atom is -0.381 e. The zero-order valence-electron chi connectivity index (χ0n) is 9.30. The van der Waals surface area contributed by atoms with E-state index in [2.05, 4.69) is 39.5 Å². The van der Waals surface area contributed by atoms with Crippen molar-refractivity contribution >= 4 is 11.8 Å². The first-order valence-corrected chi connectivity index (χ1v) is 6.16. The Morgan fingerprint density at radius 3 is 2.23 bits per heavy atom. The first-order chi connectivity index (χ1) is 6.02. The number of ether oxygens (including phenoxy) is 1. The maximum absolute atomic E-state index is 5.36. The first kappa shape index (κ1) is 11.4. The predicted octanol–water partition coefficient (Wildman–Crippen LogP) is 3.33. The van der Waals surface area contributed by atoms with Gasteiger partial charge in [-0.2, -0.15) is 11.8 Å². The maximum atomic E-state index is 5.36. The Kier molecular flexibility index (Phi) is 4.11. The summed E-state index contributed by atoms with van der Waals surface area (Å²) in [7, 11) is 0. The van der Waals surface area contributed by atoms with Crippen molar-refractivity contribution in [1.82, 2.24) is 0 Å². The minimum atomic E-state index is 0.419. The average molecular weight is 202 g/mol. The Labute approximate surface area is 86.6 Å². The lowest BCUT2D eigenvalue weighted by Gasteiger charge is -2.34. The van der Waals surface area contributed by atoms with Gasteiger partial charge in [-0.25, -0.2) is 0 Å². The van der Waals surface area contributed by atoms with E-state index < -0.39 is 0 Å². The molecule has 0 aromatic carbocycles. The van der Waals surface area contributed by atoms with Gasteiger partial charge in [0.05, 0.1) is 0 Å². The average Bonchev–Trinajstić information content (AvgIpc) is 2.05. The van der Waals surface area contributed by atoms with Crippen LogP contribution in [0.2, 0.25) is 0 Å². The van der Waals surface area contributed by atoms with Crippen LogP contribution < -0.4 is 0 Å². The highest BCUT2D eigenvalue weighted by atomic mass is 32.2. The molecule has 0 aromatic rings. The van der Waals surface area contributed by atoms with Crippen LogP contribution in [0, 0.1) is 5.92 Å². The van der Waals surface area contributed by atoms with Gasteiger partial charge in [-0.05, 0) is 18.8 Å². The van der Waals surface area contributed by atoms with Crippen molar-refractivity contribution in [3.05, 3.63) is 0 Å². The highest BCUT2D eigenvalue weighted by Gasteiger charge is 2.28. The standard InChI is InChI=1S/C11H22OS/c1-9(2)11(3,4)13-10-5-7-12-8-6-10/h9-10H,5-8H2,1-4H3. The maximum Gasteiger partial charge on any atom is 0.0476 e. The van der Waals surface area contributed by atoms with Gasteiger partial charge in [0.25, 0.3) is 0 Å². The SMILES string of the molecule is CC(C)C(C)(C)SC1CCOCC1. The summed E-state index contributed by atoms with van der Waals surface area (Å²) in [5.74, 6) is 0.750. The highest BCUT2D eigenvalue weighted by molar-refractivity contribution is 8.01. The smallest absolute Gasteiger partial charge is 0.0476 e. The summed E-state index contributed by atoms with van der Waals surface area (Å²) >= 11 is 2.15. The predicted molar refractivity (Wildman–Crippen MR) is 60.3 cm³/mol. The zero-order chi connectivity index (χ0) is 9.90. The third-order valence-electron chi connectivity index (χ3n) is 3.03. The van der Waals surface area contributed by atoms with Gasteiger partial charge < -0.3 is 4.74 Å².